The normalized spacial score (nSPS) is 11.6. The standard InChI is InChI=1S/C9H12F3N3O2/c1-5-6(8(16)17)7(15(2)14-5)13-4-3-9(10,11)12/h13H,3-4H2,1-2H3,(H,16,17). The van der Waals surface area contributed by atoms with Crippen LogP contribution < -0.4 is 5.32 Å². The Morgan fingerprint density at radius 1 is 1.53 bits per heavy atom. The summed E-state index contributed by atoms with van der Waals surface area (Å²) in [5.41, 5.74) is 0.157. The fraction of sp³-hybridized carbons (Fsp3) is 0.556. The van der Waals surface area contributed by atoms with E-state index < -0.39 is 18.6 Å². The maximum atomic E-state index is 11.9. The summed E-state index contributed by atoms with van der Waals surface area (Å²) in [6.07, 6.45) is -5.31. The highest BCUT2D eigenvalue weighted by atomic mass is 19.4. The van der Waals surface area contributed by atoms with Crippen molar-refractivity contribution in [3.63, 3.8) is 0 Å². The number of hydrogen-bond donors (Lipinski definition) is 2. The molecule has 17 heavy (non-hydrogen) atoms. The second kappa shape index (κ2) is 4.64. The lowest BCUT2D eigenvalue weighted by Crippen LogP contribution is -2.17. The number of aromatic carboxylic acids is 1. The second-order valence-electron chi connectivity index (χ2n) is 3.53. The number of aromatic nitrogens is 2. The highest BCUT2D eigenvalue weighted by molar-refractivity contribution is 5.94. The van der Waals surface area contributed by atoms with Gasteiger partial charge in [0.2, 0.25) is 0 Å². The molecule has 5 nitrogen and oxygen atoms in total. The number of carboxylic acid groups (broad SMARTS) is 1. The van der Waals surface area contributed by atoms with E-state index >= 15 is 0 Å². The van der Waals surface area contributed by atoms with Crippen molar-refractivity contribution in [2.75, 3.05) is 11.9 Å². The van der Waals surface area contributed by atoms with Crippen molar-refractivity contribution in [2.24, 2.45) is 7.05 Å². The summed E-state index contributed by atoms with van der Waals surface area (Å²) in [5.74, 6) is -1.13. The van der Waals surface area contributed by atoms with Crippen LogP contribution in [0, 0.1) is 6.92 Å². The predicted octanol–water partition coefficient (Wildman–Crippen LogP) is 1.79. The summed E-state index contributed by atoms with van der Waals surface area (Å²) >= 11 is 0. The number of aryl methyl sites for hydroxylation is 2. The molecule has 0 aromatic carbocycles. The number of carboxylic acids is 1. The van der Waals surface area contributed by atoms with Crippen molar-refractivity contribution >= 4 is 11.8 Å². The molecule has 0 aliphatic heterocycles. The Morgan fingerprint density at radius 3 is 2.59 bits per heavy atom. The molecule has 0 spiro atoms. The molecule has 1 heterocycles. The fourth-order valence-corrected chi connectivity index (χ4v) is 1.44. The van der Waals surface area contributed by atoms with E-state index in [2.05, 4.69) is 10.4 Å². The van der Waals surface area contributed by atoms with Crippen LogP contribution in [0.5, 0.6) is 0 Å². The van der Waals surface area contributed by atoms with E-state index in [1.165, 1.54) is 18.7 Å². The zero-order valence-corrected chi connectivity index (χ0v) is 9.30. The van der Waals surface area contributed by atoms with Crippen LogP contribution in [0.25, 0.3) is 0 Å². The van der Waals surface area contributed by atoms with Gasteiger partial charge in [0.1, 0.15) is 11.4 Å². The lowest BCUT2D eigenvalue weighted by Gasteiger charge is -2.09. The first-order valence-electron chi connectivity index (χ1n) is 4.80. The maximum Gasteiger partial charge on any atom is 0.390 e. The van der Waals surface area contributed by atoms with Gasteiger partial charge in [-0.15, -0.1) is 0 Å². The Labute approximate surface area is 95.2 Å². The molecule has 0 bridgehead atoms. The molecule has 96 valence electrons. The van der Waals surface area contributed by atoms with Gasteiger partial charge in [0.25, 0.3) is 0 Å². The predicted molar refractivity (Wildman–Crippen MR) is 54.1 cm³/mol. The molecule has 8 heteroatoms. The van der Waals surface area contributed by atoms with Crippen LogP contribution in [0.4, 0.5) is 19.0 Å². The minimum atomic E-state index is -4.27. The quantitative estimate of drug-likeness (QED) is 0.856. The third-order valence-electron chi connectivity index (χ3n) is 2.14. The average molecular weight is 251 g/mol. The Kier molecular flexibility index (Phi) is 3.64. The highest BCUT2D eigenvalue weighted by Crippen LogP contribution is 2.22. The van der Waals surface area contributed by atoms with Crippen LogP contribution in [-0.2, 0) is 7.05 Å². The highest BCUT2D eigenvalue weighted by Gasteiger charge is 2.27. The van der Waals surface area contributed by atoms with Gasteiger partial charge in [0, 0.05) is 13.6 Å². The molecular weight excluding hydrogens is 239 g/mol. The first-order chi connectivity index (χ1) is 7.72. The van der Waals surface area contributed by atoms with Crippen LogP contribution >= 0.6 is 0 Å². The monoisotopic (exact) mass is 251 g/mol. The summed E-state index contributed by atoms with van der Waals surface area (Å²) in [5, 5.41) is 15.2. The summed E-state index contributed by atoms with van der Waals surface area (Å²) in [6, 6.07) is 0. The number of carbonyl (C=O) groups is 1. The van der Waals surface area contributed by atoms with E-state index in [9.17, 15) is 18.0 Å². The smallest absolute Gasteiger partial charge is 0.390 e. The van der Waals surface area contributed by atoms with Gasteiger partial charge in [-0.2, -0.15) is 18.3 Å². The fourth-order valence-electron chi connectivity index (χ4n) is 1.44. The zero-order chi connectivity index (χ0) is 13.2. The summed E-state index contributed by atoms with van der Waals surface area (Å²) < 4.78 is 37.1. The van der Waals surface area contributed by atoms with E-state index in [-0.39, 0.29) is 23.6 Å². The maximum absolute atomic E-state index is 11.9. The molecular formula is C9H12F3N3O2. The SMILES string of the molecule is Cc1nn(C)c(NCCC(F)(F)F)c1C(=O)O. The number of nitrogens with zero attached hydrogens (tertiary/aromatic N) is 2. The lowest BCUT2D eigenvalue weighted by atomic mass is 10.2. The molecule has 1 rings (SSSR count). The van der Waals surface area contributed by atoms with E-state index in [4.69, 9.17) is 5.11 Å². The Bertz CT molecular complexity index is 426. The van der Waals surface area contributed by atoms with Crippen molar-refractivity contribution in [2.45, 2.75) is 19.5 Å². The van der Waals surface area contributed by atoms with Crippen molar-refractivity contribution in [1.82, 2.24) is 9.78 Å². The van der Waals surface area contributed by atoms with Crippen LogP contribution in [0.15, 0.2) is 0 Å². The number of nitrogens with one attached hydrogen (secondary N) is 1. The molecule has 0 aliphatic rings. The van der Waals surface area contributed by atoms with Crippen LogP contribution in [0.2, 0.25) is 0 Å². The van der Waals surface area contributed by atoms with Gasteiger partial charge >= 0.3 is 12.1 Å². The molecule has 1 aromatic rings. The number of hydrogen-bond acceptors (Lipinski definition) is 3. The molecule has 0 radical (unpaired) electrons. The van der Waals surface area contributed by atoms with Gasteiger partial charge in [0.05, 0.1) is 12.1 Å². The van der Waals surface area contributed by atoms with E-state index in [1.54, 1.807) is 0 Å². The van der Waals surface area contributed by atoms with Crippen molar-refractivity contribution in [1.29, 1.82) is 0 Å². The van der Waals surface area contributed by atoms with Gasteiger partial charge in [-0.25, -0.2) is 4.79 Å². The Balaban J connectivity index is 2.80. The lowest BCUT2D eigenvalue weighted by molar-refractivity contribution is -0.131. The number of anilines is 1. The average Bonchev–Trinajstić information content (AvgIpc) is 2.39. The van der Waals surface area contributed by atoms with Crippen LogP contribution in [-0.4, -0.2) is 33.6 Å². The van der Waals surface area contributed by atoms with Crippen molar-refractivity contribution in [3.8, 4) is 0 Å². The van der Waals surface area contributed by atoms with E-state index in [0.29, 0.717) is 0 Å². The van der Waals surface area contributed by atoms with Gasteiger partial charge in [0.15, 0.2) is 0 Å². The molecule has 0 saturated carbocycles. The minimum absolute atomic E-state index is 0.0826. The molecule has 0 unspecified atom stereocenters. The van der Waals surface area contributed by atoms with Gasteiger partial charge in [-0.3, -0.25) is 4.68 Å². The number of alkyl halides is 3. The molecule has 0 amide bonds. The van der Waals surface area contributed by atoms with Crippen molar-refractivity contribution in [3.05, 3.63) is 11.3 Å². The van der Waals surface area contributed by atoms with Gasteiger partial charge < -0.3 is 10.4 Å². The minimum Gasteiger partial charge on any atom is -0.477 e. The Morgan fingerprint density at radius 2 is 2.12 bits per heavy atom. The van der Waals surface area contributed by atoms with E-state index in [0.717, 1.165) is 0 Å². The van der Waals surface area contributed by atoms with Crippen LogP contribution in [0.1, 0.15) is 22.5 Å². The zero-order valence-electron chi connectivity index (χ0n) is 9.30. The molecule has 2 N–H and O–H groups in total. The summed E-state index contributed by atoms with van der Waals surface area (Å²) in [7, 11) is 1.47. The number of rotatable bonds is 4. The second-order valence-corrected chi connectivity index (χ2v) is 3.53. The molecule has 1 aromatic heterocycles. The summed E-state index contributed by atoms with van der Waals surface area (Å²) in [6.45, 7) is 1.10. The van der Waals surface area contributed by atoms with Crippen LogP contribution in [0.3, 0.4) is 0 Å². The molecule has 0 aliphatic carbocycles. The first-order valence-corrected chi connectivity index (χ1v) is 4.80. The molecule has 0 fully saturated rings. The van der Waals surface area contributed by atoms with Gasteiger partial charge in [-0.05, 0) is 6.92 Å². The van der Waals surface area contributed by atoms with Gasteiger partial charge in [-0.1, -0.05) is 0 Å². The molecule has 0 atom stereocenters. The third-order valence-corrected chi connectivity index (χ3v) is 2.14. The third kappa shape index (κ3) is 3.36. The van der Waals surface area contributed by atoms with E-state index in [1.807, 2.05) is 0 Å². The Hall–Kier alpha value is -1.73. The molecule has 0 saturated heterocycles. The van der Waals surface area contributed by atoms with Crippen molar-refractivity contribution < 1.29 is 23.1 Å². The summed E-state index contributed by atoms with van der Waals surface area (Å²) in [4.78, 5) is 10.9. The topological polar surface area (TPSA) is 67.2 Å². The first kappa shape index (κ1) is 13.3. The largest absolute Gasteiger partial charge is 0.477 e. The number of halogens is 3.